The van der Waals surface area contributed by atoms with Crippen molar-refractivity contribution in [2.75, 3.05) is 18.9 Å². The fraction of sp³-hybridized carbons (Fsp3) is 0.308. The van der Waals surface area contributed by atoms with Gasteiger partial charge in [0, 0.05) is 25.7 Å². The van der Waals surface area contributed by atoms with Crippen LogP contribution < -0.4 is 5.32 Å². The first-order valence-electron chi connectivity index (χ1n) is 5.77. The summed E-state index contributed by atoms with van der Waals surface area (Å²) >= 11 is 0. The van der Waals surface area contributed by atoms with Gasteiger partial charge in [-0.3, -0.25) is 4.79 Å². The summed E-state index contributed by atoms with van der Waals surface area (Å²) < 4.78 is 0. The Morgan fingerprint density at radius 3 is 2.53 bits per heavy atom. The van der Waals surface area contributed by atoms with Crippen LogP contribution in [0.5, 0.6) is 0 Å². The quantitative estimate of drug-likeness (QED) is 0.846. The molecule has 0 aliphatic rings. The predicted octanol–water partition coefficient (Wildman–Crippen LogP) is 1.89. The summed E-state index contributed by atoms with van der Waals surface area (Å²) in [6, 6.07) is 8.18. The topological polar surface area (TPSA) is 93.4 Å². The Morgan fingerprint density at radius 2 is 2.00 bits per heavy atom. The summed E-state index contributed by atoms with van der Waals surface area (Å²) in [6.07, 6.45) is 0.446. The van der Waals surface area contributed by atoms with Crippen LogP contribution >= 0.6 is 0 Å². The van der Waals surface area contributed by atoms with Crippen LogP contribution in [0.3, 0.4) is 0 Å². The van der Waals surface area contributed by atoms with E-state index in [9.17, 15) is 9.59 Å². The van der Waals surface area contributed by atoms with Gasteiger partial charge >= 0.3 is 12.0 Å². The van der Waals surface area contributed by atoms with Gasteiger partial charge in [0.2, 0.25) is 0 Å². The minimum atomic E-state index is -0.874. The molecule has 0 fully saturated rings. The Balaban J connectivity index is 2.44. The molecule has 0 heterocycles. The Bertz CT molecular complexity index is 491. The normalized spacial score (nSPS) is 9.47. The molecular formula is C13H15N3O3. The van der Waals surface area contributed by atoms with E-state index in [1.165, 1.54) is 4.90 Å². The molecule has 0 bridgehead atoms. The number of benzene rings is 1. The third-order valence-electron chi connectivity index (χ3n) is 2.50. The van der Waals surface area contributed by atoms with Crippen molar-refractivity contribution in [1.29, 1.82) is 5.26 Å². The third-order valence-corrected chi connectivity index (χ3v) is 2.50. The molecule has 2 amide bonds. The molecule has 2 N–H and O–H groups in total. The van der Waals surface area contributed by atoms with Crippen molar-refractivity contribution in [1.82, 2.24) is 4.90 Å². The lowest BCUT2D eigenvalue weighted by Gasteiger charge is -2.17. The first-order valence-corrected chi connectivity index (χ1v) is 5.77. The molecule has 1 aromatic carbocycles. The average Bonchev–Trinajstić information content (AvgIpc) is 2.39. The summed E-state index contributed by atoms with van der Waals surface area (Å²) in [6.45, 7) is 0.369. The zero-order valence-electron chi connectivity index (χ0n) is 10.6. The maximum Gasteiger partial charge on any atom is 0.321 e. The monoisotopic (exact) mass is 261 g/mol. The van der Waals surface area contributed by atoms with Crippen molar-refractivity contribution in [2.45, 2.75) is 12.8 Å². The molecule has 0 aromatic heterocycles. The molecule has 6 heteroatoms. The highest BCUT2D eigenvalue weighted by atomic mass is 16.4. The summed E-state index contributed by atoms with van der Waals surface area (Å²) in [5, 5.41) is 19.8. The van der Waals surface area contributed by atoms with Crippen LogP contribution in [0.2, 0.25) is 0 Å². The first-order chi connectivity index (χ1) is 9.02. The molecule has 0 unspecified atom stereocenters. The average molecular weight is 261 g/mol. The summed E-state index contributed by atoms with van der Waals surface area (Å²) in [5.74, 6) is -0.874. The summed E-state index contributed by atoms with van der Waals surface area (Å²) in [5.41, 5.74) is 1.11. The minimum absolute atomic E-state index is 0.0362. The molecule has 0 aliphatic carbocycles. The number of amides is 2. The van der Waals surface area contributed by atoms with Gasteiger partial charge in [0.1, 0.15) is 0 Å². The van der Waals surface area contributed by atoms with Gasteiger partial charge in [0.25, 0.3) is 0 Å². The number of hydrogen-bond acceptors (Lipinski definition) is 3. The molecule has 1 rings (SSSR count). The van der Waals surface area contributed by atoms with E-state index in [0.29, 0.717) is 24.2 Å². The number of aliphatic carboxylic acids is 1. The van der Waals surface area contributed by atoms with Crippen molar-refractivity contribution >= 4 is 17.7 Å². The Hall–Kier alpha value is -2.55. The van der Waals surface area contributed by atoms with Crippen LogP contribution in [-0.4, -0.2) is 35.6 Å². The fourth-order valence-corrected chi connectivity index (χ4v) is 1.42. The van der Waals surface area contributed by atoms with Crippen molar-refractivity contribution in [3.05, 3.63) is 29.8 Å². The third kappa shape index (κ3) is 5.08. The minimum Gasteiger partial charge on any atom is -0.481 e. The van der Waals surface area contributed by atoms with E-state index in [1.54, 1.807) is 31.3 Å². The molecule has 19 heavy (non-hydrogen) atoms. The Labute approximate surface area is 111 Å². The zero-order valence-corrected chi connectivity index (χ0v) is 10.6. The fourth-order valence-electron chi connectivity index (χ4n) is 1.42. The molecule has 0 spiro atoms. The summed E-state index contributed by atoms with van der Waals surface area (Å²) in [4.78, 5) is 23.5. The van der Waals surface area contributed by atoms with E-state index in [-0.39, 0.29) is 12.5 Å². The smallest absolute Gasteiger partial charge is 0.321 e. The van der Waals surface area contributed by atoms with Crippen molar-refractivity contribution in [3.8, 4) is 6.07 Å². The second kappa shape index (κ2) is 7.01. The van der Waals surface area contributed by atoms with Gasteiger partial charge < -0.3 is 15.3 Å². The van der Waals surface area contributed by atoms with Crippen LogP contribution in [0, 0.1) is 11.3 Å². The van der Waals surface area contributed by atoms with Crippen LogP contribution in [0.4, 0.5) is 10.5 Å². The molecule has 0 saturated heterocycles. The first kappa shape index (κ1) is 14.5. The van der Waals surface area contributed by atoms with Crippen LogP contribution in [-0.2, 0) is 4.79 Å². The molecule has 0 saturated carbocycles. The molecule has 1 aromatic rings. The Kier molecular flexibility index (Phi) is 5.35. The molecule has 0 aliphatic heterocycles. The number of nitrogens with zero attached hydrogens (tertiary/aromatic N) is 2. The maximum absolute atomic E-state index is 11.7. The number of anilines is 1. The number of urea groups is 1. The number of hydrogen-bond donors (Lipinski definition) is 2. The van der Waals surface area contributed by atoms with Crippen LogP contribution in [0.25, 0.3) is 0 Å². The number of carbonyl (C=O) groups is 2. The van der Waals surface area contributed by atoms with Gasteiger partial charge in [0.15, 0.2) is 0 Å². The van der Waals surface area contributed by atoms with Crippen LogP contribution in [0.15, 0.2) is 24.3 Å². The zero-order chi connectivity index (χ0) is 14.3. The number of carbonyl (C=O) groups excluding carboxylic acids is 1. The van der Waals surface area contributed by atoms with E-state index in [2.05, 4.69) is 5.32 Å². The number of carboxylic acid groups (broad SMARTS) is 1. The predicted molar refractivity (Wildman–Crippen MR) is 69.7 cm³/mol. The van der Waals surface area contributed by atoms with Gasteiger partial charge in [-0.05, 0) is 30.7 Å². The SMILES string of the molecule is CN(CCCC(=O)O)C(=O)Nc1ccc(C#N)cc1. The van der Waals surface area contributed by atoms with Crippen molar-refractivity contribution < 1.29 is 14.7 Å². The lowest BCUT2D eigenvalue weighted by Crippen LogP contribution is -2.32. The van der Waals surface area contributed by atoms with Crippen LogP contribution in [0.1, 0.15) is 18.4 Å². The number of rotatable bonds is 5. The lowest BCUT2D eigenvalue weighted by molar-refractivity contribution is -0.137. The largest absolute Gasteiger partial charge is 0.481 e. The highest BCUT2D eigenvalue weighted by Crippen LogP contribution is 2.09. The molecule has 0 radical (unpaired) electrons. The second-order valence-electron chi connectivity index (χ2n) is 4.04. The van der Waals surface area contributed by atoms with Gasteiger partial charge in [-0.1, -0.05) is 0 Å². The van der Waals surface area contributed by atoms with Crippen molar-refractivity contribution in [2.24, 2.45) is 0 Å². The highest BCUT2D eigenvalue weighted by Gasteiger charge is 2.09. The van der Waals surface area contributed by atoms with E-state index in [0.717, 1.165) is 0 Å². The molecule has 6 nitrogen and oxygen atoms in total. The number of nitrogens with one attached hydrogen (secondary N) is 1. The standard InChI is InChI=1S/C13H15N3O3/c1-16(8-2-3-12(17)18)13(19)15-11-6-4-10(9-14)5-7-11/h4-7H,2-3,8H2,1H3,(H,15,19)(H,17,18). The van der Waals surface area contributed by atoms with Gasteiger partial charge in [-0.25, -0.2) is 4.79 Å². The van der Waals surface area contributed by atoms with E-state index in [4.69, 9.17) is 10.4 Å². The molecular weight excluding hydrogens is 246 g/mol. The maximum atomic E-state index is 11.7. The van der Waals surface area contributed by atoms with E-state index >= 15 is 0 Å². The highest BCUT2D eigenvalue weighted by molar-refractivity contribution is 5.89. The van der Waals surface area contributed by atoms with Gasteiger partial charge in [-0.2, -0.15) is 5.26 Å². The Morgan fingerprint density at radius 1 is 1.37 bits per heavy atom. The number of nitriles is 1. The van der Waals surface area contributed by atoms with Gasteiger partial charge in [-0.15, -0.1) is 0 Å². The second-order valence-corrected chi connectivity index (χ2v) is 4.04. The number of carboxylic acids is 1. The van der Waals surface area contributed by atoms with E-state index < -0.39 is 5.97 Å². The van der Waals surface area contributed by atoms with E-state index in [1.807, 2.05) is 6.07 Å². The molecule has 0 atom stereocenters. The molecule has 100 valence electrons. The summed E-state index contributed by atoms with van der Waals surface area (Å²) in [7, 11) is 1.60. The van der Waals surface area contributed by atoms with Gasteiger partial charge in [0.05, 0.1) is 11.6 Å². The van der Waals surface area contributed by atoms with Crippen molar-refractivity contribution in [3.63, 3.8) is 0 Å². The lowest BCUT2D eigenvalue weighted by atomic mass is 10.2.